The molecule has 0 aromatic heterocycles. The molecule has 0 rings (SSSR count). The van der Waals surface area contributed by atoms with E-state index in [4.69, 9.17) is 5.73 Å². The van der Waals surface area contributed by atoms with Gasteiger partial charge < -0.3 is 11.1 Å². The fourth-order valence-electron chi connectivity index (χ4n) is 2.06. The van der Waals surface area contributed by atoms with Crippen molar-refractivity contribution in [2.24, 2.45) is 11.7 Å². The second-order valence-electron chi connectivity index (χ2n) is 4.90. The van der Waals surface area contributed by atoms with E-state index in [2.05, 4.69) is 25.7 Å². The summed E-state index contributed by atoms with van der Waals surface area (Å²) >= 11 is 0. The number of rotatable bonds is 11. The van der Waals surface area contributed by atoms with Crippen LogP contribution in [0.2, 0.25) is 0 Å². The Morgan fingerprint density at radius 1 is 1.25 bits per heavy atom. The van der Waals surface area contributed by atoms with Crippen molar-refractivity contribution in [2.75, 3.05) is 6.54 Å². The Kier molecular flexibility index (Phi) is 10.7. The number of nitrogens with two attached hydrogens (primary N) is 1. The van der Waals surface area contributed by atoms with Gasteiger partial charge in [-0.1, -0.05) is 39.7 Å². The predicted octanol–water partition coefficient (Wildman–Crippen LogP) is 3.43. The highest BCUT2D eigenvalue weighted by atomic mass is 14.8. The van der Waals surface area contributed by atoms with E-state index in [9.17, 15) is 0 Å². The molecule has 0 radical (unpaired) electrons. The summed E-state index contributed by atoms with van der Waals surface area (Å²) < 4.78 is 0. The van der Waals surface area contributed by atoms with E-state index < -0.39 is 0 Å². The van der Waals surface area contributed by atoms with Crippen molar-refractivity contribution in [1.82, 2.24) is 5.32 Å². The Hall–Kier alpha value is -0.500. The third-order valence-corrected chi connectivity index (χ3v) is 3.05. The lowest BCUT2D eigenvalue weighted by Crippen LogP contribution is -2.23. The van der Waals surface area contributed by atoms with Gasteiger partial charge in [0.1, 0.15) is 0 Å². The summed E-state index contributed by atoms with van der Waals surface area (Å²) in [5.41, 5.74) is 6.11. The molecule has 0 aromatic carbocycles. The smallest absolute Gasteiger partial charge is 0.0141 e. The summed E-state index contributed by atoms with van der Waals surface area (Å²) in [5, 5.41) is 3.13. The van der Waals surface area contributed by atoms with Gasteiger partial charge in [0.15, 0.2) is 0 Å². The molecule has 0 saturated heterocycles. The minimum absolute atomic E-state index is 0.411. The first-order chi connectivity index (χ1) is 7.70. The van der Waals surface area contributed by atoms with Crippen molar-refractivity contribution in [1.29, 1.82) is 0 Å². The third-order valence-electron chi connectivity index (χ3n) is 3.05. The Morgan fingerprint density at radius 2 is 2.00 bits per heavy atom. The number of nitrogens with one attached hydrogen (secondary N) is 1. The maximum Gasteiger partial charge on any atom is 0.0141 e. The summed E-state index contributed by atoms with van der Waals surface area (Å²) in [4.78, 5) is 0. The van der Waals surface area contributed by atoms with Crippen LogP contribution in [-0.4, -0.2) is 12.6 Å². The third kappa shape index (κ3) is 10.0. The molecule has 2 heteroatoms. The fraction of sp³-hybridized carbons (Fsp3) is 0.857. The lowest BCUT2D eigenvalue weighted by molar-refractivity contribution is 0.404. The van der Waals surface area contributed by atoms with Crippen LogP contribution < -0.4 is 11.1 Å². The Bertz CT molecular complexity index is 157. The van der Waals surface area contributed by atoms with Gasteiger partial charge in [-0.3, -0.25) is 0 Å². The van der Waals surface area contributed by atoms with E-state index in [1.54, 1.807) is 6.20 Å². The van der Waals surface area contributed by atoms with Crippen LogP contribution in [0, 0.1) is 5.92 Å². The normalized spacial score (nSPS) is 14.4. The van der Waals surface area contributed by atoms with E-state index in [1.807, 2.05) is 0 Å². The van der Waals surface area contributed by atoms with Crippen molar-refractivity contribution < 1.29 is 0 Å². The minimum Gasteiger partial charge on any atom is -0.391 e. The first kappa shape index (κ1) is 15.5. The number of hydrogen-bond donors (Lipinski definition) is 2. The van der Waals surface area contributed by atoms with E-state index in [0.717, 1.165) is 12.5 Å². The van der Waals surface area contributed by atoms with E-state index in [-0.39, 0.29) is 0 Å². The second kappa shape index (κ2) is 11.0. The first-order valence-corrected chi connectivity index (χ1v) is 6.80. The van der Waals surface area contributed by atoms with Crippen LogP contribution in [0.3, 0.4) is 0 Å². The van der Waals surface area contributed by atoms with Crippen molar-refractivity contribution in [3.05, 3.63) is 12.8 Å². The zero-order valence-electron chi connectivity index (χ0n) is 11.2. The summed E-state index contributed by atoms with van der Waals surface area (Å²) in [5.74, 6) is 0.753. The predicted molar refractivity (Wildman–Crippen MR) is 73.3 cm³/mol. The number of hydrogen-bond acceptors (Lipinski definition) is 2. The molecule has 0 aliphatic heterocycles. The van der Waals surface area contributed by atoms with Crippen LogP contribution in [-0.2, 0) is 0 Å². The van der Waals surface area contributed by atoms with Crippen LogP contribution in [0.5, 0.6) is 0 Å². The van der Waals surface area contributed by atoms with Crippen molar-refractivity contribution in [2.45, 2.75) is 64.8 Å². The molecule has 0 heterocycles. The highest BCUT2D eigenvalue weighted by molar-refractivity contribution is 4.68. The largest absolute Gasteiger partial charge is 0.391 e. The molecule has 0 spiro atoms. The molecule has 0 fully saturated rings. The zero-order valence-corrected chi connectivity index (χ0v) is 11.2. The Morgan fingerprint density at radius 3 is 2.62 bits per heavy atom. The van der Waals surface area contributed by atoms with Crippen molar-refractivity contribution >= 4 is 0 Å². The quantitative estimate of drug-likeness (QED) is 0.530. The van der Waals surface area contributed by atoms with Gasteiger partial charge in [0.2, 0.25) is 0 Å². The second-order valence-corrected chi connectivity index (χ2v) is 4.90. The van der Waals surface area contributed by atoms with Gasteiger partial charge in [-0.05, 0) is 37.8 Å². The standard InChI is InChI=1S/C14H30N2/c1-4-6-7-10-14(15)12-13(3)9-8-11-16-5-2/h5,13-14,16H,2,4,6-12,15H2,1,3H3. The maximum absolute atomic E-state index is 6.11. The van der Waals surface area contributed by atoms with Crippen LogP contribution in [0.15, 0.2) is 12.8 Å². The zero-order chi connectivity index (χ0) is 12.2. The first-order valence-electron chi connectivity index (χ1n) is 6.80. The monoisotopic (exact) mass is 226 g/mol. The van der Waals surface area contributed by atoms with Gasteiger partial charge in [-0.15, -0.1) is 0 Å². The minimum atomic E-state index is 0.411. The van der Waals surface area contributed by atoms with E-state index >= 15 is 0 Å². The van der Waals surface area contributed by atoms with Gasteiger partial charge in [-0.25, -0.2) is 0 Å². The Labute approximate surface area is 102 Å². The molecule has 3 N–H and O–H groups in total. The molecule has 96 valence electrons. The molecule has 0 aliphatic carbocycles. The van der Waals surface area contributed by atoms with Crippen LogP contribution in [0.4, 0.5) is 0 Å². The molecule has 0 amide bonds. The Balaban J connectivity index is 3.38. The van der Waals surface area contributed by atoms with Gasteiger partial charge >= 0.3 is 0 Å². The van der Waals surface area contributed by atoms with Gasteiger partial charge in [-0.2, -0.15) is 0 Å². The SMILES string of the molecule is C=CNCCCC(C)CC(N)CCCCC. The molecule has 0 aliphatic rings. The molecular weight excluding hydrogens is 196 g/mol. The van der Waals surface area contributed by atoms with Gasteiger partial charge in [0.25, 0.3) is 0 Å². The maximum atomic E-state index is 6.11. The number of unbranched alkanes of at least 4 members (excludes halogenated alkanes) is 2. The van der Waals surface area contributed by atoms with E-state index in [0.29, 0.717) is 6.04 Å². The van der Waals surface area contributed by atoms with Crippen LogP contribution in [0.1, 0.15) is 58.8 Å². The summed E-state index contributed by atoms with van der Waals surface area (Å²) in [6.07, 6.45) is 10.5. The van der Waals surface area contributed by atoms with Gasteiger partial charge in [0, 0.05) is 12.6 Å². The summed E-state index contributed by atoms with van der Waals surface area (Å²) in [6.45, 7) is 9.23. The molecule has 0 aromatic rings. The lowest BCUT2D eigenvalue weighted by Gasteiger charge is -2.17. The highest BCUT2D eigenvalue weighted by Crippen LogP contribution is 2.15. The molecule has 0 bridgehead atoms. The average Bonchev–Trinajstić information content (AvgIpc) is 2.25. The van der Waals surface area contributed by atoms with Crippen LogP contribution >= 0.6 is 0 Å². The van der Waals surface area contributed by atoms with Crippen LogP contribution in [0.25, 0.3) is 0 Å². The molecule has 2 nitrogen and oxygen atoms in total. The van der Waals surface area contributed by atoms with Gasteiger partial charge in [0.05, 0.1) is 0 Å². The molecule has 2 atom stereocenters. The highest BCUT2D eigenvalue weighted by Gasteiger charge is 2.08. The topological polar surface area (TPSA) is 38.0 Å². The summed E-state index contributed by atoms with van der Waals surface area (Å²) in [6, 6.07) is 0.411. The molecule has 16 heavy (non-hydrogen) atoms. The van der Waals surface area contributed by atoms with E-state index in [1.165, 1.54) is 44.9 Å². The van der Waals surface area contributed by atoms with Crippen molar-refractivity contribution in [3.63, 3.8) is 0 Å². The van der Waals surface area contributed by atoms with Crippen molar-refractivity contribution in [3.8, 4) is 0 Å². The summed E-state index contributed by atoms with van der Waals surface area (Å²) in [7, 11) is 0. The molecule has 2 unspecified atom stereocenters. The lowest BCUT2D eigenvalue weighted by atomic mass is 9.94. The fourth-order valence-corrected chi connectivity index (χ4v) is 2.06. The molecule has 0 saturated carbocycles. The average molecular weight is 226 g/mol. The molecular formula is C14H30N2.